The largest absolute Gasteiger partial charge is 0.270 e. The van der Waals surface area contributed by atoms with Gasteiger partial charge in [0.2, 0.25) is 0 Å². The predicted octanol–water partition coefficient (Wildman–Crippen LogP) is 2.16. The normalized spacial score (nSPS) is 27.6. The van der Waals surface area contributed by atoms with Crippen molar-refractivity contribution >= 4 is 18.8 Å². The highest BCUT2D eigenvalue weighted by Crippen LogP contribution is 2.43. The molecule has 0 aromatic heterocycles. The first-order valence-electron chi connectivity index (χ1n) is 3.79. The number of nitrogens with zero attached hydrogens (tertiary/aromatic N) is 1. The van der Waals surface area contributed by atoms with Gasteiger partial charge >= 0.3 is 0 Å². The number of hydrogen-bond donors (Lipinski definition) is 1. The van der Waals surface area contributed by atoms with E-state index in [1.807, 2.05) is 0 Å². The smallest absolute Gasteiger partial charge is 0.137 e. The molecule has 1 saturated heterocycles. The molecule has 0 aromatic carbocycles. The van der Waals surface area contributed by atoms with E-state index in [2.05, 4.69) is 16.7 Å². The fraction of sp³-hybridized carbons (Fsp3) is 1.00. The van der Waals surface area contributed by atoms with Crippen molar-refractivity contribution in [1.82, 2.24) is 9.76 Å². The van der Waals surface area contributed by atoms with E-state index in [-0.39, 0.29) is 0 Å². The number of rotatable bonds is 3. The maximum absolute atomic E-state index is 5.99. The average molecular weight is 181 g/mol. The summed E-state index contributed by atoms with van der Waals surface area (Å²) in [5.41, 5.74) is 0. The maximum Gasteiger partial charge on any atom is 0.137 e. The Kier molecular flexibility index (Phi) is 3.93. The van der Waals surface area contributed by atoms with Crippen LogP contribution in [-0.2, 0) is 0 Å². The first-order chi connectivity index (χ1) is 4.84. The summed E-state index contributed by atoms with van der Waals surface area (Å²) in [6.07, 6.45) is 2.53. The van der Waals surface area contributed by atoms with Crippen LogP contribution in [0.15, 0.2) is 0 Å². The van der Waals surface area contributed by atoms with Gasteiger partial charge in [0.25, 0.3) is 0 Å². The maximum atomic E-state index is 5.99. The first-order valence-corrected chi connectivity index (χ1v) is 5.99. The lowest BCUT2D eigenvalue weighted by Crippen LogP contribution is -2.14. The highest BCUT2D eigenvalue weighted by Gasteiger charge is 2.20. The van der Waals surface area contributed by atoms with E-state index in [0.29, 0.717) is 0 Å². The molecule has 1 unspecified atom stereocenters. The standard InChI is InChI=1S/C6H14ClN2P/c1-2-3-5-9-6-4-8-10(9)7/h8H,2-6H2,1H3. The third-order valence-corrected chi connectivity index (χ3v) is 4.01. The third-order valence-electron chi connectivity index (χ3n) is 1.63. The lowest BCUT2D eigenvalue weighted by Gasteiger charge is -2.16. The van der Waals surface area contributed by atoms with Crippen LogP contribution in [0.5, 0.6) is 0 Å². The minimum Gasteiger partial charge on any atom is -0.270 e. The van der Waals surface area contributed by atoms with Gasteiger partial charge < -0.3 is 0 Å². The van der Waals surface area contributed by atoms with Crippen molar-refractivity contribution in [3.05, 3.63) is 0 Å². The average Bonchev–Trinajstić information content (AvgIpc) is 2.31. The SMILES string of the molecule is CCCCN1CCNP1Cl. The van der Waals surface area contributed by atoms with Gasteiger partial charge in [0, 0.05) is 19.6 Å². The summed E-state index contributed by atoms with van der Waals surface area (Å²) in [6, 6.07) is 0. The van der Waals surface area contributed by atoms with Crippen LogP contribution >= 0.6 is 18.8 Å². The van der Waals surface area contributed by atoms with E-state index in [4.69, 9.17) is 11.2 Å². The van der Waals surface area contributed by atoms with Gasteiger partial charge in [-0.15, -0.1) is 0 Å². The van der Waals surface area contributed by atoms with E-state index < -0.39 is 7.58 Å². The van der Waals surface area contributed by atoms with Crippen molar-refractivity contribution in [3.8, 4) is 0 Å². The van der Waals surface area contributed by atoms with Gasteiger partial charge in [0.15, 0.2) is 0 Å². The highest BCUT2D eigenvalue weighted by molar-refractivity contribution is 7.80. The molecule has 2 nitrogen and oxygen atoms in total. The van der Waals surface area contributed by atoms with E-state index in [1.54, 1.807) is 0 Å². The second-order valence-electron chi connectivity index (χ2n) is 2.48. The number of nitrogens with one attached hydrogen (secondary N) is 1. The summed E-state index contributed by atoms with van der Waals surface area (Å²) in [4.78, 5) is 0. The molecule has 0 aromatic rings. The van der Waals surface area contributed by atoms with E-state index in [0.717, 1.165) is 13.1 Å². The molecule has 0 aliphatic carbocycles. The zero-order chi connectivity index (χ0) is 7.40. The van der Waals surface area contributed by atoms with E-state index in [9.17, 15) is 0 Å². The fourth-order valence-corrected chi connectivity index (χ4v) is 2.78. The van der Waals surface area contributed by atoms with Crippen molar-refractivity contribution in [2.75, 3.05) is 19.6 Å². The summed E-state index contributed by atoms with van der Waals surface area (Å²) in [7, 11) is -0.485. The van der Waals surface area contributed by atoms with Gasteiger partial charge in [-0.1, -0.05) is 24.6 Å². The Bertz CT molecular complexity index is 102. The second kappa shape index (κ2) is 4.50. The number of halogens is 1. The molecular weight excluding hydrogens is 167 g/mol. The lowest BCUT2D eigenvalue weighted by atomic mass is 10.3. The monoisotopic (exact) mass is 180 g/mol. The molecule has 10 heavy (non-hydrogen) atoms. The molecule has 0 bridgehead atoms. The summed E-state index contributed by atoms with van der Waals surface area (Å²) in [5, 5.41) is 3.23. The van der Waals surface area contributed by atoms with E-state index >= 15 is 0 Å². The Morgan fingerprint density at radius 1 is 1.70 bits per heavy atom. The Morgan fingerprint density at radius 2 is 2.50 bits per heavy atom. The van der Waals surface area contributed by atoms with Crippen LogP contribution in [0, 0.1) is 0 Å². The van der Waals surface area contributed by atoms with Crippen molar-refractivity contribution < 1.29 is 0 Å². The molecule has 0 saturated carbocycles. The molecule has 0 spiro atoms. The van der Waals surface area contributed by atoms with Crippen LogP contribution in [0.4, 0.5) is 0 Å². The lowest BCUT2D eigenvalue weighted by molar-refractivity contribution is 0.480. The molecule has 1 N–H and O–H groups in total. The number of unbranched alkanes of at least 4 members (excludes halogenated alkanes) is 1. The fourth-order valence-electron chi connectivity index (χ4n) is 0.999. The summed E-state index contributed by atoms with van der Waals surface area (Å²) in [6.45, 7) is 5.58. The molecular formula is C6H14ClN2P. The zero-order valence-electron chi connectivity index (χ0n) is 6.31. The van der Waals surface area contributed by atoms with Crippen LogP contribution in [0.25, 0.3) is 0 Å². The quantitative estimate of drug-likeness (QED) is 0.670. The van der Waals surface area contributed by atoms with Gasteiger partial charge in [-0.2, -0.15) is 0 Å². The van der Waals surface area contributed by atoms with Crippen LogP contribution < -0.4 is 5.09 Å². The van der Waals surface area contributed by atoms with E-state index in [1.165, 1.54) is 19.4 Å². The van der Waals surface area contributed by atoms with Gasteiger partial charge in [-0.05, 0) is 6.42 Å². The van der Waals surface area contributed by atoms with Crippen molar-refractivity contribution in [3.63, 3.8) is 0 Å². The first kappa shape index (κ1) is 8.73. The second-order valence-corrected chi connectivity index (χ2v) is 4.84. The molecule has 0 amide bonds. The van der Waals surface area contributed by atoms with Crippen LogP contribution in [0.1, 0.15) is 19.8 Å². The molecule has 1 fully saturated rings. The summed E-state index contributed by atoms with van der Waals surface area (Å²) < 4.78 is 2.33. The molecule has 1 atom stereocenters. The predicted molar refractivity (Wildman–Crippen MR) is 47.3 cm³/mol. The van der Waals surface area contributed by atoms with Gasteiger partial charge in [-0.25, -0.2) is 0 Å². The van der Waals surface area contributed by atoms with Crippen LogP contribution in [-0.4, -0.2) is 24.3 Å². The Morgan fingerprint density at radius 3 is 3.00 bits per heavy atom. The minimum absolute atomic E-state index is 0.485. The minimum atomic E-state index is -0.485. The van der Waals surface area contributed by atoms with Crippen molar-refractivity contribution in [2.24, 2.45) is 0 Å². The molecule has 1 aliphatic heterocycles. The summed E-state index contributed by atoms with van der Waals surface area (Å²) in [5.74, 6) is 0. The molecule has 1 rings (SSSR count). The van der Waals surface area contributed by atoms with Gasteiger partial charge in [-0.3, -0.25) is 9.76 Å². The summed E-state index contributed by atoms with van der Waals surface area (Å²) >= 11 is 5.99. The highest BCUT2D eigenvalue weighted by atomic mass is 35.7. The Hall–Kier alpha value is 0.640. The zero-order valence-corrected chi connectivity index (χ0v) is 7.96. The molecule has 1 heterocycles. The third kappa shape index (κ3) is 2.35. The Balaban J connectivity index is 2.14. The number of hydrogen-bond acceptors (Lipinski definition) is 2. The van der Waals surface area contributed by atoms with Gasteiger partial charge in [0.1, 0.15) is 7.58 Å². The molecule has 1 aliphatic rings. The molecule has 60 valence electrons. The van der Waals surface area contributed by atoms with Gasteiger partial charge in [0.05, 0.1) is 0 Å². The van der Waals surface area contributed by atoms with Crippen LogP contribution in [0.2, 0.25) is 0 Å². The topological polar surface area (TPSA) is 15.3 Å². The molecule has 4 heteroatoms. The molecule has 0 radical (unpaired) electrons. The van der Waals surface area contributed by atoms with Crippen LogP contribution in [0.3, 0.4) is 0 Å². The Labute approximate surface area is 68.6 Å². The van der Waals surface area contributed by atoms with Crippen molar-refractivity contribution in [1.29, 1.82) is 0 Å². The van der Waals surface area contributed by atoms with Crippen molar-refractivity contribution in [2.45, 2.75) is 19.8 Å².